The predicted molar refractivity (Wildman–Crippen MR) is 180 cm³/mol. The number of fused-ring (bicyclic) bond motifs is 1. The zero-order valence-electron chi connectivity index (χ0n) is 26.3. The lowest BCUT2D eigenvalue weighted by Crippen LogP contribution is -2.56. The van der Waals surface area contributed by atoms with Crippen molar-refractivity contribution in [2.24, 2.45) is 11.8 Å². The van der Waals surface area contributed by atoms with E-state index in [1.165, 1.54) is 12.0 Å². The maximum absolute atomic E-state index is 14.3. The second kappa shape index (κ2) is 13.6. The van der Waals surface area contributed by atoms with Gasteiger partial charge in [-0.3, -0.25) is 19.3 Å². The van der Waals surface area contributed by atoms with Crippen molar-refractivity contribution in [3.8, 4) is 0 Å². The Morgan fingerprint density at radius 1 is 0.891 bits per heavy atom. The molecule has 244 valence electrons. The van der Waals surface area contributed by atoms with Gasteiger partial charge in [0.05, 0.1) is 17.9 Å². The number of nitrogens with one attached hydrogen (secondary N) is 2. The van der Waals surface area contributed by atoms with Crippen molar-refractivity contribution in [3.63, 3.8) is 0 Å². The van der Waals surface area contributed by atoms with Crippen LogP contribution in [0.15, 0.2) is 71.2 Å². The van der Waals surface area contributed by atoms with Crippen LogP contribution in [0.4, 0.5) is 5.69 Å². The van der Waals surface area contributed by atoms with Crippen molar-refractivity contribution < 1.29 is 19.1 Å². The smallest absolute Gasteiger partial charge is 0.246 e. The van der Waals surface area contributed by atoms with Crippen LogP contribution >= 0.6 is 15.9 Å². The number of ether oxygens (including phenoxy) is 1. The molecule has 2 bridgehead atoms. The van der Waals surface area contributed by atoms with Crippen LogP contribution in [0, 0.1) is 11.8 Å². The molecule has 9 nitrogen and oxygen atoms in total. The Morgan fingerprint density at radius 3 is 2.35 bits per heavy atom. The molecule has 5 atom stereocenters. The maximum Gasteiger partial charge on any atom is 0.246 e. The first-order valence-electron chi connectivity index (χ1n) is 16.9. The number of halogens is 1. The SMILES string of the molecule is O=C(Nc1ccc(Br)cc1)C1[C@@H]2C=CC3(O2)C(C(=O)NC2CCCCC2)N(CCCN2CCN(Cc4ccccc4)CC2)C(=O)[C@H]13. The maximum atomic E-state index is 14.3. The van der Waals surface area contributed by atoms with E-state index < -0.39 is 29.6 Å². The third kappa shape index (κ3) is 6.29. The highest BCUT2D eigenvalue weighted by molar-refractivity contribution is 9.10. The molecule has 2 aromatic rings. The van der Waals surface area contributed by atoms with E-state index >= 15 is 0 Å². The van der Waals surface area contributed by atoms with Gasteiger partial charge in [0.25, 0.3) is 0 Å². The van der Waals surface area contributed by atoms with Crippen molar-refractivity contribution in [1.29, 1.82) is 0 Å². The minimum atomic E-state index is -1.13. The van der Waals surface area contributed by atoms with Gasteiger partial charge in [0, 0.05) is 55.5 Å². The Morgan fingerprint density at radius 2 is 1.61 bits per heavy atom. The van der Waals surface area contributed by atoms with Crippen LogP contribution in [0.2, 0.25) is 0 Å². The van der Waals surface area contributed by atoms with E-state index in [1.807, 2.05) is 36.4 Å². The van der Waals surface area contributed by atoms with Gasteiger partial charge in [-0.15, -0.1) is 0 Å². The first-order valence-corrected chi connectivity index (χ1v) is 17.7. The molecule has 4 heterocycles. The third-order valence-corrected chi connectivity index (χ3v) is 11.1. The van der Waals surface area contributed by atoms with Gasteiger partial charge in [-0.25, -0.2) is 0 Å². The lowest BCUT2D eigenvalue weighted by Gasteiger charge is -2.36. The first-order chi connectivity index (χ1) is 22.4. The minimum absolute atomic E-state index is 0.111. The summed E-state index contributed by atoms with van der Waals surface area (Å²) in [6, 6.07) is 17.3. The van der Waals surface area contributed by atoms with Crippen LogP contribution in [0.25, 0.3) is 0 Å². The summed E-state index contributed by atoms with van der Waals surface area (Å²) < 4.78 is 7.45. The molecule has 0 radical (unpaired) electrons. The fourth-order valence-corrected chi connectivity index (χ4v) is 8.54. The van der Waals surface area contributed by atoms with E-state index in [0.717, 1.165) is 75.8 Å². The summed E-state index contributed by atoms with van der Waals surface area (Å²) >= 11 is 3.44. The molecule has 2 aromatic carbocycles. The fourth-order valence-electron chi connectivity index (χ4n) is 8.27. The van der Waals surface area contributed by atoms with Gasteiger partial charge in [-0.05, 0) is 55.6 Å². The lowest BCUT2D eigenvalue weighted by molar-refractivity contribution is -0.141. The van der Waals surface area contributed by atoms with Gasteiger partial charge in [0.1, 0.15) is 11.6 Å². The Balaban J connectivity index is 1.04. The number of rotatable bonds is 10. The van der Waals surface area contributed by atoms with Gasteiger partial charge in [-0.1, -0.05) is 77.7 Å². The van der Waals surface area contributed by atoms with E-state index in [2.05, 4.69) is 66.7 Å². The summed E-state index contributed by atoms with van der Waals surface area (Å²) in [7, 11) is 0. The molecule has 4 fully saturated rings. The molecular formula is C36H44BrN5O4. The number of nitrogens with zero attached hydrogens (tertiary/aromatic N) is 3. The van der Waals surface area contributed by atoms with E-state index in [1.54, 1.807) is 4.90 Å². The molecule has 3 saturated heterocycles. The van der Waals surface area contributed by atoms with Crippen LogP contribution < -0.4 is 10.6 Å². The number of hydrogen-bond acceptors (Lipinski definition) is 6. The predicted octanol–water partition coefficient (Wildman–Crippen LogP) is 4.20. The van der Waals surface area contributed by atoms with E-state index in [0.29, 0.717) is 12.2 Å². The summed E-state index contributed by atoms with van der Waals surface area (Å²) in [4.78, 5) is 48.8. The molecule has 2 N–H and O–H groups in total. The number of hydrogen-bond donors (Lipinski definition) is 2. The number of carbonyl (C=O) groups is 3. The Labute approximate surface area is 279 Å². The Bertz CT molecular complexity index is 1440. The van der Waals surface area contributed by atoms with Crippen LogP contribution in [0.3, 0.4) is 0 Å². The summed E-state index contributed by atoms with van der Waals surface area (Å²) in [6.07, 6.45) is 9.30. The topological polar surface area (TPSA) is 94.2 Å². The second-order valence-corrected chi connectivity index (χ2v) is 14.4. The highest BCUT2D eigenvalue weighted by Crippen LogP contribution is 2.55. The molecule has 4 aliphatic heterocycles. The summed E-state index contributed by atoms with van der Waals surface area (Å²) in [5.74, 6) is -2.00. The van der Waals surface area contributed by atoms with Gasteiger partial charge in [-0.2, -0.15) is 0 Å². The zero-order chi connectivity index (χ0) is 31.7. The molecule has 46 heavy (non-hydrogen) atoms. The highest BCUT2D eigenvalue weighted by Gasteiger charge is 2.72. The third-order valence-electron chi connectivity index (χ3n) is 10.6. The highest BCUT2D eigenvalue weighted by atomic mass is 79.9. The van der Waals surface area contributed by atoms with Crippen molar-refractivity contribution in [1.82, 2.24) is 20.0 Å². The summed E-state index contributed by atoms with van der Waals surface area (Å²) in [5.41, 5.74) is 0.859. The van der Waals surface area contributed by atoms with Crippen LogP contribution in [-0.4, -0.2) is 95.5 Å². The summed E-state index contributed by atoms with van der Waals surface area (Å²) in [5, 5.41) is 6.29. The van der Waals surface area contributed by atoms with Gasteiger partial charge in [0.15, 0.2) is 0 Å². The molecule has 7 rings (SSSR count). The number of benzene rings is 2. The Kier molecular flexibility index (Phi) is 9.32. The normalized spacial score (nSPS) is 29.7. The van der Waals surface area contributed by atoms with Crippen molar-refractivity contribution in [2.45, 2.75) is 68.9 Å². The van der Waals surface area contributed by atoms with E-state index in [4.69, 9.17) is 4.74 Å². The molecule has 1 saturated carbocycles. The van der Waals surface area contributed by atoms with Crippen LogP contribution in [0.5, 0.6) is 0 Å². The largest absolute Gasteiger partial charge is 0.359 e. The number of piperazine rings is 1. The van der Waals surface area contributed by atoms with Gasteiger partial charge < -0.3 is 25.2 Å². The minimum Gasteiger partial charge on any atom is -0.359 e. The van der Waals surface area contributed by atoms with E-state index in [9.17, 15) is 14.4 Å². The van der Waals surface area contributed by atoms with Crippen LogP contribution in [-0.2, 0) is 25.7 Å². The number of carbonyl (C=O) groups excluding carboxylic acids is 3. The van der Waals surface area contributed by atoms with Crippen molar-refractivity contribution in [3.05, 3.63) is 76.8 Å². The second-order valence-electron chi connectivity index (χ2n) is 13.5. The average molecular weight is 691 g/mol. The molecular weight excluding hydrogens is 646 g/mol. The quantitative estimate of drug-likeness (QED) is 0.364. The van der Waals surface area contributed by atoms with Crippen molar-refractivity contribution in [2.75, 3.05) is 44.6 Å². The molecule has 3 unspecified atom stereocenters. The first kappa shape index (κ1) is 31.5. The van der Waals surface area contributed by atoms with Crippen LogP contribution in [0.1, 0.15) is 44.1 Å². The standard InChI is InChI=1S/C36H44BrN5O4/c37-26-12-14-28(15-13-26)38-33(43)30-29-16-17-36(46-29)31(30)35(45)42(32(36)34(44)39-27-10-5-2-6-11-27)19-7-18-40-20-22-41(23-21-40)24-25-8-3-1-4-9-25/h1,3-4,8-9,12-17,27,29-32H,2,5-7,10-11,18-24H2,(H,38,43)(H,39,44)/t29-,30?,31-,32?,36?/m0/s1. The lowest BCUT2D eigenvalue weighted by atomic mass is 9.74. The molecule has 5 aliphatic rings. The number of likely N-dealkylation sites (tertiary alicyclic amines) is 1. The fraction of sp³-hybridized carbons (Fsp3) is 0.528. The Hall–Kier alpha value is -3.05. The van der Waals surface area contributed by atoms with E-state index in [-0.39, 0.29) is 23.8 Å². The van der Waals surface area contributed by atoms with Crippen molar-refractivity contribution >= 4 is 39.3 Å². The monoisotopic (exact) mass is 689 g/mol. The molecule has 1 aliphatic carbocycles. The zero-order valence-corrected chi connectivity index (χ0v) is 27.9. The number of amides is 3. The molecule has 1 spiro atoms. The van der Waals surface area contributed by atoms with Gasteiger partial charge in [0.2, 0.25) is 17.7 Å². The number of anilines is 1. The summed E-state index contributed by atoms with van der Waals surface area (Å²) in [6.45, 7) is 6.23. The molecule has 3 amide bonds. The molecule has 0 aromatic heterocycles. The average Bonchev–Trinajstić information content (AvgIpc) is 3.71. The molecule has 10 heteroatoms. The van der Waals surface area contributed by atoms with Gasteiger partial charge >= 0.3 is 0 Å².